The lowest BCUT2D eigenvalue weighted by molar-refractivity contribution is -0.384. The second-order valence-corrected chi connectivity index (χ2v) is 14.0. The van der Waals surface area contributed by atoms with Crippen molar-refractivity contribution in [1.29, 1.82) is 0 Å². The minimum atomic E-state index is -4.12. The third-order valence-corrected chi connectivity index (χ3v) is 10.1. The Hall–Kier alpha value is -4.75. The zero-order chi connectivity index (χ0) is 35.9. The molecule has 10 nitrogen and oxygen atoms in total. The van der Waals surface area contributed by atoms with Gasteiger partial charge in [0.15, 0.2) is 0 Å². The number of benzene rings is 5. The Kier molecular flexibility index (Phi) is 14.0. The van der Waals surface area contributed by atoms with E-state index in [1.807, 2.05) is 121 Å². The normalized spacial score (nSPS) is 13.5. The Bertz CT molecular complexity index is 1860. The number of ether oxygens (including phenoxy) is 3. The van der Waals surface area contributed by atoms with E-state index >= 15 is 0 Å². The molecule has 0 aliphatic carbocycles. The van der Waals surface area contributed by atoms with Crippen LogP contribution in [0.5, 0.6) is 0 Å². The largest absolute Gasteiger partial charge is 0.388 e. The molecular formula is C40H42N2O8S. The number of hydrogen-bond donors (Lipinski definition) is 1. The summed E-state index contributed by atoms with van der Waals surface area (Å²) in [6, 6.07) is 42.8. The minimum absolute atomic E-state index is 0.00351. The molecule has 0 amide bonds. The minimum Gasteiger partial charge on any atom is -0.388 e. The van der Waals surface area contributed by atoms with Crippen LogP contribution in [-0.2, 0) is 50.6 Å². The van der Waals surface area contributed by atoms with Gasteiger partial charge in [-0.05, 0) is 40.8 Å². The molecule has 266 valence electrons. The molecule has 0 saturated heterocycles. The maximum atomic E-state index is 14.1. The second kappa shape index (κ2) is 19.0. The van der Waals surface area contributed by atoms with Gasteiger partial charge in [0.25, 0.3) is 5.69 Å². The van der Waals surface area contributed by atoms with Gasteiger partial charge in [0.2, 0.25) is 10.0 Å². The van der Waals surface area contributed by atoms with Crippen LogP contribution in [0.15, 0.2) is 150 Å². The summed E-state index contributed by atoms with van der Waals surface area (Å²) in [5, 5.41) is 22.9. The lowest BCUT2D eigenvalue weighted by atomic mass is 10.0. The van der Waals surface area contributed by atoms with Crippen molar-refractivity contribution in [1.82, 2.24) is 4.31 Å². The number of sulfonamides is 1. The van der Waals surface area contributed by atoms with Crippen molar-refractivity contribution < 1.29 is 32.7 Å². The van der Waals surface area contributed by atoms with Crippen molar-refractivity contribution in [2.24, 2.45) is 0 Å². The molecule has 5 rings (SSSR count). The van der Waals surface area contributed by atoms with E-state index in [0.717, 1.165) is 22.3 Å². The van der Waals surface area contributed by atoms with E-state index < -0.39 is 33.3 Å². The van der Waals surface area contributed by atoms with Crippen molar-refractivity contribution >= 4 is 15.7 Å². The molecule has 5 aromatic carbocycles. The molecule has 0 unspecified atom stereocenters. The Morgan fingerprint density at radius 3 is 1.63 bits per heavy atom. The second-order valence-electron chi connectivity index (χ2n) is 12.0. The number of rotatable bonds is 20. The van der Waals surface area contributed by atoms with Gasteiger partial charge in [0.05, 0.1) is 42.4 Å². The number of non-ortho nitro benzene ring substituents is 1. The predicted octanol–water partition coefficient (Wildman–Crippen LogP) is 6.92. The van der Waals surface area contributed by atoms with Crippen LogP contribution in [-0.4, -0.2) is 54.2 Å². The predicted molar refractivity (Wildman–Crippen MR) is 194 cm³/mol. The average molecular weight is 711 g/mol. The van der Waals surface area contributed by atoms with Crippen LogP contribution >= 0.6 is 0 Å². The van der Waals surface area contributed by atoms with E-state index in [1.54, 1.807) is 0 Å². The van der Waals surface area contributed by atoms with Gasteiger partial charge < -0.3 is 19.3 Å². The first-order valence-corrected chi connectivity index (χ1v) is 18.1. The van der Waals surface area contributed by atoms with Crippen molar-refractivity contribution in [2.45, 2.75) is 56.0 Å². The molecule has 0 spiro atoms. The van der Waals surface area contributed by atoms with E-state index in [1.165, 1.54) is 28.6 Å². The van der Waals surface area contributed by atoms with Gasteiger partial charge in [-0.25, -0.2) is 8.42 Å². The van der Waals surface area contributed by atoms with E-state index in [2.05, 4.69) is 0 Å². The van der Waals surface area contributed by atoms with Crippen molar-refractivity contribution in [2.75, 3.05) is 13.2 Å². The molecule has 51 heavy (non-hydrogen) atoms. The van der Waals surface area contributed by atoms with Gasteiger partial charge >= 0.3 is 0 Å². The van der Waals surface area contributed by atoms with Gasteiger partial charge in [0, 0.05) is 25.2 Å². The van der Waals surface area contributed by atoms with Crippen molar-refractivity contribution in [3.05, 3.63) is 178 Å². The quantitative estimate of drug-likeness (QED) is 0.0681. The number of nitrogens with zero attached hydrogens (tertiary/aromatic N) is 2. The molecule has 1 N–H and O–H groups in total. The Morgan fingerprint density at radius 1 is 0.647 bits per heavy atom. The molecule has 0 aromatic heterocycles. The first-order valence-electron chi connectivity index (χ1n) is 16.7. The van der Waals surface area contributed by atoms with Crippen molar-refractivity contribution in [3.8, 4) is 0 Å². The molecule has 11 heteroatoms. The maximum Gasteiger partial charge on any atom is 0.269 e. The smallest absolute Gasteiger partial charge is 0.269 e. The summed E-state index contributed by atoms with van der Waals surface area (Å²) in [4.78, 5) is 10.6. The van der Waals surface area contributed by atoms with Gasteiger partial charge in [0.1, 0.15) is 12.2 Å². The SMILES string of the molecule is O=[N+]([O-])c1ccc(S(=O)(=O)N(CC[C@@H](OCc2ccccc2)[C@H](OCc2ccccc2)[C@H](O)COCc2ccccc2)Cc2ccccc2)cc1. The van der Waals surface area contributed by atoms with Gasteiger partial charge in [-0.15, -0.1) is 0 Å². The zero-order valence-electron chi connectivity index (χ0n) is 28.1. The molecule has 0 saturated carbocycles. The van der Waals surface area contributed by atoms with E-state index in [9.17, 15) is 23.6 Å². The molecule has 0 heterocycles. The van der Waals surface area contributed by atoms with Crippen LogP contribution in [0.1, 0.15) is 28.7 Å². The average Bonchev–Trinajstić information content (AvgIpc) is 3.16. The molecule has 0 fully saturated rings. The number of aliphatic hydroxyl groups is 1. The van der Waals surface area contributed by atoms with Gasteiger partial charge in [-0.2, -0.15) is 4.31 Å². The van der Waals surface area contributed by atoms with Crippen LogP contribution in [0.4, 0.5) is 5.69 Å². The molecule has 0 aliphatic heterocycles. The number of aliphatic hydroxyl groups excluding tert-OH is 1. The summed E-state index contributed by atoms with van der Waals surface area (Å²) in [5.41, 5.74) is 3.30. The highest BCUT2D eigenvalue weighted by Crippen LogP contribution is 2.25. The fourth-order valence-corrected chi connectivity index (χ4v) is 6.99. The Labute approximate surface area is 299 Å². The lowest BCUT2D eigenvalue weighted by Gasteiger charge is -2.33. The summed E-state index contributed by atoms with van der Waals surface area (Å²) in [6.07, 6.45) is -2.63. The first-order chi connectivity index (χ1) is 24.8. The van der Waals surface area contributed by atoms with Crippen LogP contribution in [0.25, 0.3) is 0 Å². The van der Waals surface area contributed by atoms with Crippen LogP contribution in [0.2, 0.25) is 0 Å². The first kappa shape index (κ1) is 37.5. The third-order valence-electron chi connectivity index (χ3n) is 8.29. The van der Waals surface area contributed by atoms with E-state index in [-0.39, 0.29) is 56.5 Å². The summed E-state index contributed by atoms with van der Waals surface area (Å²) in [6.45, 7) is 0.662. The number of nitro groups is 1. The summed E-state index contributed by atoms with van der Waals surface area (Å²) >= 11 is 0. The highest BCUT2D eigenvalue weighted by Gasteiger charge is 2.33. The molecular weight excluding hydrogens is 669 g/mol. The highest BCUT2D eigenvalue weighted by atomic mass is 32.2. The monoisotopic (exact) mass is 710 g/mol. The lowest BCUT2D eigenvalue weighted by Crippen LogP contribution is -2.45. The fourth-order valence-electron chi connectivity index (χ4n) is 5.55. The molecule has 0 radical (unpaired) electrons. The highest BCUT2D eigenvalue weighted by molar-refractivity contribution is 7.89. The standard InChI is InChI=1S/C40H42N2O8S/c43-38(31-48-28-33-15-7-2-8-16-33)40(50-30-35-19-11-4-12-20-35)39(49-29-34-17-9-3-10-18-34)25-26-41(27-32-13-5-1-6-14-32)51(46,47)37-23-21-36(22-24-37)42(44)45/h1-24,38-40,43H,25-31H2/t38-,39-,40-/m1/s1. The molecule has 0 aliphatic rings. The summed E-state index contributed by atoms with van der Waals surface area (Å²) in [7, 11) is -4.12. The summed E-state index contributed by atoms with van der Waals surface area (Å²) < 4.78 is 48.4. The van der Waals surface area contributed by atoms with Crippen LogP contribution in [0.3, 0.4) is 0 Å². The van der Waals surface area contributed by atoms with E-state index in [0.29, 0.717) is 0 Å². The number of hydrogen-bond acceptors (Lipinski definition) is 8. The summed E-state index contributed by atoms with van der Waals surface area (Å²) in [5.74, 6) is 0. The third kappa shape index (κ3) is 11.4. The fraction of sp³-hybridized carbons (Fsp3) is 0.250. The van der Waals surface area contributed by atoms with Gasteiger partial charge in [-0.1, -0.05) is 121 Å². The number of nitro benzene ring substituents is 1. The molecule has 5 aromatic rings. The van der Waals surface area contributed by atoms with Crippen LogP contribution in [0, 0.1) is 10.1 Å². The maximum absolute atomic E-state index is 14.1. The topological polar surface area (TPSA) is 128 Å². The zero-order valence-corrected chi connectivity index (χ0v) is 29.0. The Morgan fingerprint density at radius 2 is 1.12 bits per heavy atom. The molecule has 0 bridgehead atoms. The van der Waals surface area contributed by atoms with Crippen LogP contribution < -0.4 is 0 Å². The van der Waals surface area contributed by atoms with Crippen molar-refractivity contribution in [3.63, 3.8) is 0 Å². The molecule has 3 atom stereocenters. The Balaban J connectivity index is 1.42. The van der Waals surface area contributed by atoms with E-state index in [4.69, 9.17) is 14.2 Å². The van der Waals surface area contributed by atoms with Gasteiger partial charge in [-0.3, -0.25) is 10.1 Å².